The second kappa shape index (κ2) is 8.29. The van der Waals surface area contributed by atoms with Crippen molar-refractivity contribution in [2.75, 3.05) is 31.6 Å². The van der Waals surface area contributed by atoms with E-state index in [2.05, 4.69) is 27.4 Å². The summed E-state index contributed by atoms with van der Waals surface area (Å²) in [6.45, 7) is 6.74. The van der Waals surface area contributed by atoms with Crippen LogP contribution < -0.4 is 5.32 Å². The van der Waals surface area contributed by atoms with Crippen molar-refractivity contribution in [3.63, 3.8) is 0 Å². The molecule has 0 bridgehead atoms. The predicted molar refractivity (Wildman–Crippen MR) is 99.1 cm³/mol. The number of aromatic nitrogens is 2. The van der Waals surface area contributed by atoms with Crippen LogP contribution in [0.5, 0.6) is 0 Å². The molecule has 0 radical (unpaired) electrons. The number of rotatable bonds is 7. The van der Waals surface area contributed by atoms with Gasteiger partial charge in [-0.25, -0.2) is 4.68 Å². The molecule has 8 heteroatoms. The van der Waals surface area contributed by atoms with E-state index in [0.717, 1.165) is 38.4 Å². The van der Waals surface area contributed by atoms with Crippen LogP contribution in [0.15, 0.2) is 24.3 Å². The Kier molecular flexibility index (Phi) is 5.85. The second-order valence-electron chi connectivity index (χ2n) is 6.44. The van der Waals surface area contributed by atoms with Gasteiger partial charge in [-0.2, -0.15) is 5.10 Å². The van der Waals surface area contributed by atoms with E-state index in [9.17, 15) is 10.1 Å². The minimum Gasteiger partial charge on any atom is -0.379 e. The zero-order valence-corrected chi connectivity index (χ0v) is 15.3. The molecule has 2 aromatic rings. The lowest BCUT2D eigenvalue weighted by atomic mass is 10.1. The van der Waals surface area contributed by atoms with E-state index in [0.29, 0.717) is 24.5 Å². The normalized spacial score (nSPS) is 15.2. The number of anilines is 1. The van der Waals surface area contributed by atoms with Gasteiger partial charge >= 0.3 is 5.69 Å². The molecule has 8 nitrogen and oxygen atoms in total. The van der Waals surface area contributed by atoms with E-state index in [1.165, 1.54) is 5.56 Å². The van der Waals surface area contributed by atoms with E-state index in [4.69, 9.17) is 4.74 Å². The van der Waals surface area contributed by atoms with Gasteiger partial charge in [0.1, 0.15) is 5.69 Å². The average molecular weight is 359 g/mol. The van der Waals surface area contributed by atoms with Crippen molar-refractivity contribution < 1.29 is 9.66 Å². The Morgan fingerprint density at radius 1 is 1.31 bits per heavy atom. The fourth-order valence-corrected chi connectivity index (χ4v) is 3.24. The number of nitrogens with one attached hydrogen (secondary N) is 1. The lowest BCUT2D eigenvalue weighted by molar-refractivity contribution is -0.384. The molecule has 2 heterocycles. The van der Waals surface area contributed by atoms with Crippen molar-refractivity contribution >= 4 is 11.5 Å². The highest BCUT2D eigenvalue weighted by Crippen LogP contribution is 2.28. The van der Waals surface area contributed by atoms with E-state index >= 15 is 0 Å². The highest BCUT2D eigenvalue weighted by atomic mass is 16.6. The fraction of sp³-hybridized carbons (Fsp3) is 0.500. The van der Waals surface area contributed by atoms with Gasteiger partial charge in [0.05, 0.1) is 18.1 Å². The number of hydrogen-bond donors (Lipinski definition) is 1. The summed E-state index contributed by atoms with van der Waals surface area (Å²) in [6, 6.07) is 8.31. The zero-order valence-electron chi connectivity index (χ0n) is 15.3. The molecule has 1 N–H and O–H groups in total. The maximum Gasteiger partial charge on any atom is 0.333 e. The quantitative estimate of drug-likeness (QED) is 0.603. The molecule has 0 unspecified atom stereocenters. The van der Waals surface area contributed by atoms with Crippen molar-refractivity contribution in [2.24, 2.45) is 7.05 Å². The molecule has 140 valence electrons. The maximum absolute atomic E-state index is 11.4. The zero-order chi connectivity index (χ0) is 18.5. The Bertz CT molecular complexity index is 768. The first-order valence-electron chi connectivity index (χ1n) is 8.90. The topological polar surface area (TPSA) is 85.5 Å². The molecular weight excluding hydrogens is 334 g/mol. The summed E-state index contributed by atoms with van der Waals surface area (Å²) in [5, 5.41) is 18.8. The van der Waals surface area contributed by atoms with Crippen LogP contribution in [0, 0.1) is 10.1 Å². The molecule has 1 aromatic carbocycles. The van der Waals surface area contributed by atoms with Crippen LogP contribution in [0.2, 0.25) is 0 Å². The number of hydrogen-bond acceptors (Lipinski definition) is 6. The standard InChI is InChI=1S/C18H25N5O3/c1-3-16-17(23(24)25)18(21(2)20-16)19-12-14-5-4-6-15(11-14)13-22-7-9-26-10-8-22/h4-6,11,19H,3,7-10,12-13H2,1-2H3. The van der Waals surface area contributed by atoms with Crippen LogP contribution in [0.1, 0.15) is 23.7 Å². The summed E-state index contributed by atoms with van der Waals surface area (Å²) in [7, 11) is 1.73. The summed E-state index contributed by atoms with van der Waals surface area (Å²) >= 11 is 0. The Balaban J connectivity index is 1.69. The van der Waals surface area contributed by atoms with Crippen LogP contribution in [-0.2, 0) is 31.3 Å². The minimum absolute atomic E-state index is 0.0690. The highest BCUT2D eigenvalue weighted by Gasteiger charge is 2.25. The SMILES string of the molecule is CCc1nn(C)c(NCc2cccc(CN3CCOCC3)c2)c1[N+](=O)[O-]. The number of morpholine rings is 1. The van der Waals surface area contributed by atoms with Gasteiger partial charge in [0.25, 0.3) is 0 Å². The lowest BCUT2D eigenvalue weighted by Gasteiger charge is -2.26. The average Bonchev–Trinajstić information content (AvgIpc) is 2.97. The largest absolute Gasteiger partial charge is 0.379 e. The molecule has 1 aromatic heterocycles. The summed E-state index contributed by atoms with van der Waals surface area (Å²) in [5.74, 6) is 0.449. The van der Waals surface area contributed by atoms with Crippen LogP contribution in [0.4, 0.5) is 11.5 Å². The first-order chi connectivity index (χ1) is 12.6. The van der Waals surface area contributed by atoms with Gasteiger partial charge in [-0.1, -0.05) is 31.2 Å². The Labute approximate surface area is 152 Å². The van der Waals surface area contributed by atoms with Crippen molar-refractivity contribution in [3.8, 4) is 0 Å². The summed E-state index contributed by atoms with van der Waals surface area (Å²) < 4.78 is 6.94. The number of ether oxygens (including phenoxy) is 1. The van der Waals surface area contributed by atoms with Crippen LogP contribution >= 0.6 is 0 Å². The molecule has 1 saturated heterocycles. The van der Waals surface area contributed by atoms with Crippen molar-refractivity contribution in [1.82, 2.24) is 14.7 Å². The molecule has 1 aliphatic heterocycles. The van der Waals surface area contributed by atoms with E-state index < -0.39 is 0 Å². The summed E-state index contributed by atoms with van der Waals surface area (Å²) in [5.41, 5.74) is 2.89. The molecule has 1 aliphatic rings. The first kappa shape index (κ1) is 18.3. The smallest absolute Gasteiger partial charge is 0.333 e. The van der Waals surface area contributed by atoms with Crippen molar-refractivity contribution in [2.45, 2.75) is 26.4 Å². The van der Waals surface area contributed by atoms with Crippen molar-refractivity contribution in [1.29, 1.82) is 0 Å². The molecule has 3 rings (SSSR count). The Hall–Kier alpha value is -2.45. The lowest BCUT2D eigenvalue weighted by Crippen LogP contribution is -2.35. The molecule has 26 heavy (non-hydrogen) atoms. The Morgan fingerprint density at radius 3 is 2.73 bits per heavy atom. The summed E-state index contributed by atoms with van der Waals surface area (Å²) in [6.07, 6.45) is 0.529. The molecular formula is C18H25N5O3. The molecule has 0 amide bonds. The third-order valence-electron chi connectivity index (χ3n) is 4.57. The monoisotopic (exact) mass is 359 g/mol. The van der Waals surface area contributed by atoms with Crippen LogP contribution in [-0.4, -0.2) is 45.9 Å². The highest BCUT2D eigenvalue weighted by molar-refractivity contribution is 5.60. The van der Waals surface area contributed by atoms with Crippen molar-refractivity contribution in [3.05, 3.63) is 51.2 Å². The van der Waals surface area contributed by atoms with Gasteiger partial charge in [0.15, 0.2) is 0 Å². The minimum atomic E-state index is -0.358. The molecule has 0 aliphatic carbocycles. The van der Waals surface area contributed by atoms with Gasteiger partial charge in [-0.3, -0.25) is 15.0 Å². The van der Waals surface area contributed by atoms with E-state index in [1.807, 2.05) is 19.1 Å². The van der Waals surface area contributed by atoms with Gasteiger partial charge in [-0.05, 0) is 17.5 Å². The molecule has 1 fully saturated rings. The molecule has 0 spiro atoms. The number of benzene rings is 1. The molecule has 0 atom stereocenters. The summed E-state index contributed by atoms with van der Waals surface area (Å²) in [4.78, 5) is 13.4. The first-order valence-corrected chi connectivity index (χ1v) is 8.90. The van der Waals surface area contributed by atoms with Gasteiger partial charge in [0.2, 0.25) is 5.82 Å². The number of nitrogens with zero attached hydrogens (tertiary/aromatic N) is 4. The van der Waals surface area contributed by atoms with E-state index in [-0.39, 0.29) is 10.6 Å². The van der Waals surface area contributed by atoms with Gasteiger partial charge < -0.3 is 10.1 Å². The number of aryl methyl sites for hydroxylation is 2. The Morgan fingerprint density at radius 2 is 2.04 bits per heavy atom. The second-order valence-corrected chi connectivity index (χ2v) is 6.44. The number of nitro groups is 1. The van der Waals surface area contributed by atoms with E-state index in [1.54, 1.807) is 11.7 Å². The van der Waals surface area contributed by atoms with Gasteiger partial charge in [-0.15, -0.1) is 0 Å². The van der Waals surface area contributed by atoms with Crippen LogP contribution in [0.3, 0.4) is 0 Å². The van der Waals surface area contributed by atoms with Gasteiger partial charge in [0, 0.05) is 33.2 Å². The third-order valence-corrected chi connectivity index (χ3v) is 4.57. The third kappa shape index (κ3) is 4.20. The molecule has 0 saturated carbocycles. The maximum atomic E-state index is 11.4. The van der Waals surface area contributed by atoms with Crippen LogP contribution in [0.25, 0.3) is 0 Å². The predicted octanol–water partition coefficient (Wildman–Crippen LogP) is 2.33. The fourth-order valence-electron chi connectivity index (χ4n) is 3.24.